The smallest absolute Gasteiger partial charge is 0.270 e. The van der Waals surface area contributed by atoms with Crippen LogP contribution in [0.4, 0.5) is 4.39 Å². The van der Waals surface area contributed by atoms with Crippen molar-refractivity contribution < 1.29 is 42.6 Å². The SMILES string of the molecule is CNCC(=O)NC(C(=O)N1CCN(C(=O)c2cc3cc(F)ccc3n2CC(=O)NCCOCCOCCOCCNC(C)=O)CC1)C1CCCCC1. The van der Waals surface area contributed by atoms with Gasteiger partial charge >= 0.3 is 0 Å². The fourth-order valence-corrected chi connectivity index (χ4v) is 6.61. The van der Waals surface area contributed by atoms with Gasteiger partial charge < -0.3 is 49.8 Å². The molecule has 2 aromatic rings. The Kier molecular flexibility index (Phi) is 16.7. The molecule has 1 saturated carbocycles. The largest absolute Gasteiger partial charge is 0.377 e. The van der Waals surface area contributed by atoms with Crippen molar-refractivity contribution >= 4 is 40.4 Å². The van der Waals surface area contributed by atoms with Crippen LogP contribution in [0.2, 0.25) is 0 Å². The third-order valence-electron chi connectivity index (χ3n) is 9.24. The topological polar surface area (TPSA) is 173 Å². The number of amides is 5. The predicted molar refractivity (Wildman–Crippen MR) is 191 cm³/mol. The molecule has 4 rings (SSSR count). The van der Waals surface area contributed by atoms with Crippen molar-refractivity contribution in [1.82, 2.24) is 35.6 Å². The first kappa shape index (κ1) is 40.6. The third kappa shape index (κ3) is 12.5. The second kappa shape index (κ2) is 21.4. The zero-order valence-electron chi connectivity index (χ0n) is 30.4. The molecular weight excluding hydrogens is 677 g/mol. The van der Waals surface area contributed by atoms with Gasteiger partial charge in [0.15, 0.2) is 0 Å². The number of aromatic nitrogens is 1. The molecule has 5 amide bonds. The molecule has 1 atom stereocenters. The summed E-state index contributed by atoms with van der Waals surface area (Å²) >= 11 is 0. The predicted octanol–water partition coefficient (Wildman–Crippen LogP) is 0.651. The van der Waals surface area contributed by atoms with E-state index in [1.165, 1.54) is 19.1 Å². The summed E-state index contributed by atoms with van der Waals surface area (Å²) in [6, 6.07) is 5.17. The Hall–Kier alpha value is -4.12. The Morgan fingerprint density at radius 2 is 1.42 bits per heavy atom. The molecule has 1 aliphatic heterocycles. The van der Waals surface area contributed by atoms with Crippen molar-refractivity contribution in [3.63, 3.8) is 0 Å². The minimum Gasteiger partial charge on any atom is -0.377 e. The Morgan fingerprint density at radius 3 is 2.06 bits per heavy atom. The van der Waals surface area contributed by atoms with E-state index in [-0.39, 0.29) is 80.5 Å². The Morgan fingerprint density at radius 1 is 0.808 bits per heavy atom. The molecule has 4 N–H and O–H groups in total. The van der Waals surface area contributed by atoms with E-state index in [0.717, 1.165) is 32.1 Å². The molecule has 2 heterocycles. The number of hydrogen-bond acceptors (Lipinski definition) is 9. The number of carbonyl (C=O) groups excluding carboxylic acids is 5. The normalized spacial score (nSPS) is 15.8. The van der Waals surface area contributed by atoms with E-state index in [9.17, 15) is 28.4 Å². The van der Waals surface area contributed by atoms with Crippen molar-refractivity contribution in [2.24, 2.45) is 5.92 Å². The van der Waals surface area contributed by atoms with E-state index in [0.29, 0.717) is 63.6 Å². The van der Waals surface area contributed by atoms with Crippen LogP contribution in [0.3, 0.4) is 0 Å². The first-order valence-electron chi connectivity index (χ1n) is 18.2. The average molecular weight is 732 g/mol. The van der Waals surface area contributed by atoms with Gasteiger partial charge in [0.05, 0.1) is 46.2 Å². The summed E-state index contributed by atoms with van der Waals surface area (Å²) in [7, 11) is 1.69. The highest BCUT2D eigenvalue weighted by Gasteiger charge is 2.36. The van der Waals surface area contributed by atoms with Crippen LogP contribution in [0.5, 0.6) is 0 Å². The molecule has 1 aliphatic carbocycles. The summed E-state index contributed by atoms with van der Waals surface area (Å²) in [5, 5.41) is 11.7. The fourth-order valence-electron chi connectivity index (χ4n) is 6.61. The van der Waals surface area contributed by atoms with Crippen molar-refractivity contribution in [3.05, 3.63) is 35.8 Å². The molecule has 1 saturated heterocycles. The van der Waals surface area contributed by atoms with Crippen LogP contribution in [0, 0.1) is 11.7 Å². The number of halogens is 1. The maximum absolute atomic E-state index is 14.2. The zero-order valence-corrected chi connectivity index (χ0v) is 30.4. The van der Waals surface area contributed by atoms with Gasteiger partial charge in [-0.25, -0.2) is 4.39 Å². The lowest BCUT2D eigenvalue weighted by Crippen LogP contribution is -2.58. The van der Waals surface area contributed by atoms with Crippen LogP contribution in [0.15, 0.2) is 24.3 Å². The Balaban J connectivity index is 1.26. The first-order valence-corrected chi connectivity index (χ1v) is 18.2. The molecule has 288 valence electrons. The van der Waals surface area contributed by atoms with E-state index in [4.69, 9.17) is 14.2 Å². The van der Waals surface area contributed by atoms with Gasteiger partial charge in [-0.2, -0.15) is 0 Å². The number of piperazine rings is 1. The quantitative estimate of drug-likeness (QED) is 0.143. The number of fused-ring (bicyclic) bond motifs is 1. The molecule has 52 heavy (non-hydrogen) atoms. The van der Waals surface area contributed by atoms with E-state index in [1.54, 1.807) is 33.5 Å². The maximum Gasteiger partial charge on any atom is 0.270 e. The summed E-state index contributed by atoms with van der Waals surface area (Å²) in [6.45, 7) is 5.43. The van der Waals surface area contributed by atoms with Gasteiger partial charge in [0.1, 0.15) is 24.1 Å². The number of likely N-dealkylation sites (N-methyl/N-ethyl adjacent to an activating group) is 1. The minimum absolute atomic E-state index is 0.0782. The van der Waals surface area contributed by atoms with Gasteiger partial charge in [-0.1, -0.05) is 19.3 Å². The third-order valence-corrected chi connectivity index (χ3v) is 9.24. The molecule has 16 heteroatoms. The van der Waals surface area contributed by atoms with Crippen molar-refractivity contribution in [2.45, 2.75) is 51.6 Å². The number of nitrogens with zero attached hydrogens (tertiary/aromatic N) is 3. The van der Waals surface area contributed by atoms with Crippen molar-refractivity contribution in [3.8, 4) is 0 Å². The standard InChI is InChI=1S/C36H54FN7O8/c1-26(45)39-10-16-50-18-20-52-21-19-51-17-11-40-33(47)25-44-30-9-8-29(37)22-28(30)23-31(44)35(48)42-12-14-43(15-13-42)36(49)34(41-32(46)24-38-2)27-6-4-3-5-7-27/h8-9,22-23,27,34,38H,3-7,10-21,24-25H2,1-2H3,(H,39,45)(H,40,47)(H,41,46). The monoisotopic (exact) mass is 731 g/mol. The number of rotatable bonds is 20. The summed E-state index contributed by atoms with van der Waals surface area (Å²) in [6.07, 6.45) is 4.95. The van der Waals surface area contributed by atoms with Gasteiger partial charge in [0.2, 0.25) is 23.6 Å². The molecule has 2 fully saturated rings. The highest BCUT2D eigenvalue weighted by molar-refractivity contribution is 6.00. The lowest BCUT2D eigenvalue weighted by atomic mass is 9.83. The van der Waals surface area contributed by atoms with Crippen LogP contribution in [-0.4, -0.2) is 142 Å². The van der Waals surface area contributed by atoms with Crippen LogP contribution >= 0.6 is 0 Å². The summed E-state index contributed by atoms with van der Waals surface area (Å²) in [4.78, 5) is 67.3. The van der Waals surface area contributed by atoms with Gasteiger partial charge in [-0.05, 0) is 50.1 Å². The van der Waals surface area contributed by atoms with Gasteiger partial charge in [-0.3, -0.25) is 24.0 Å². The number of nitrogens with one attached hydrogen (secondary N) is 4. The number of hydrogen-bond donors (Lipinski definition) is 4. The lowest BCUT2D eigenvalue weighted by Gasteiger charge is -2.39. The van der Waals surface area contributed by atoms with Crippen molar-refractivity contribution in [1.29, 1.82) is 0 Å². The molecule has 0 radical (unpaired) electrons. The van der Waals surface area contributed by atoms with Crippen LogP contribution in [0.25, 0.3) is 10.9 Å². The summed E-state index contributed by atoms with van der Waals surface area (Å²) < 4.78 is 32.1. The van der Waals surface area contributed by atoms with Gasteiger partial charge in [0, 0.05) is 57.1 Å². The lowest BCUT2D eigenvalue weighted by molar-refractivity contribution is -0.139. The van der Waals surface area contributed by atoms with E-state index < -0.39 is 11.9 Å². The van der Waals surface area contributed by atoms with E-state index in [2.05, 4.69) is 21.3 Å². The Bertz CT molecular complexity index is 1490. The maximum atomic E-state index is 14.2. The number of benzene rings is 1. The molecule has 0 bridgehead atoms. The summed E-state index contributed by atoms with van der Waals surface area (Å²) in [5.74, 6) is -1.47. The summed E-state index contributed by atoms with van der Waals surface area (Å²) in [5.41, 5.74) is 0.802. The zero-order chi connectivity index (χ0) is 37.3. The van der Waals surface area contributed by atoms with Gasteiger partial charge in [-0.15, -0.1) is 0 Å². The van der Waals surface area contributed by atoms with Crippen LogP contribution < -0.4 is 21.3 Å². The molecular formula is C36H54FN7O8. The average Bonchev–Trinajstić information content (AvgIpc) is 3.49. The molecule has 0 spiro atoms. The second-order valence-electron chi connectivity index (χ2n) is 13.1. The highest BCUT2D eigenvalue weighted by Crippen LogP contribution is 2.28. The van der Waals surface area contributed by atoms with Crippen LogP contribution in [-0.2, 0) is 39.9 Å². The highest BCUT2D eigenvalue weighted by atomic mass is 19.1. The van der Waals surface area contributed by atoms with Crippen LogP contribution in [0.1, 0.15) is 49.5 Å². The Labute approximate surface area is 304 Å². The molecule has 1 aromatic carbocycles. The van der Waals surface area contributed by atoms with E-state index in [1.807, 2.05) is 0 Å². The second-order valence-corrected chi connectivity index (χ2v) is 13.1. The first-order chi connectivity index (χ1) is 25.2. The molecule has 2 aliphatic rings. The molecule has 1 aromatic heterocycles. The molecule has 15 nitrogen and oxygen atoms in total. The van der Waals surface area contributed by atoms with Crippen molar-refractivity contribution in [2.75, 3.05) is 92.5 Å². The minimum atomic E-state index is -0.600. The number of ether oxygens (including phenoxy) is 3. The molecule has 1 unspecified atom stereocenters. The fraction of sp³-hybridized carbons (Fsp3) is 0.639. The number of carbonyl (C=O) groups is 5. The van der Waals surface area contributed by atoms with Gasteiger partial charge in [0.25, 0.3) is 5.91 Å². The van der Waals surface area contributed by atoms with E-state index >= 15 is 0 Å².